The number of hydrogen-bond acceptors (Lipinski definition) is 6. The minimum absolute atomic E-state index is 0.187. The molecule has 1 heterocycles. The summed E-state index contributed by atoms with van der Waals surface area (Å²) in [5.41, 5.74) is -1.64. The van der Waals surface area contributed by atoms with Crippen molar-refractivity contribution in [3.63, 3.8) is 0 Å². The highest BCUT2D eigenvalue weighted by molar-refractivity contribution is 6.26. The summed E-state index contributed by atoms with van der Waals surface area (Å²) in [6.45, 7) is 1.46. The topological polar surface area (TPSA) is 82.6 Å². The van der Waals surface area contributed by atoms with Crippen LogP contribution in [0.25, 0.3) is 0 Å². The van der Waals surface area contributed by atoms with Crippen LogP contribution in [0, 0.1) is 17.8 Å². The zero-order valence-corrected chi connectivity index (χ0v) is 15.3. The van der Waals surface area contributed by atoms with E-state index in [0.29, 0.717) is 31.9 Å². The number of rotatable bonds is 7. The summed E-state index contributed by atoms with van der Waals surface area (Å²) in [5.74, 6) is -3.82. The minimum atomic E-state index is -4.70. The maximum Gasteiger partial charge on any atom is 0.433 e. The van der Waals surface area contributed by atoms with Gasteiger partial charge in [-0.15, -0.1) is 0 Å². The third kappa shape index (κ3) is 4.00. The highest BCUT2D eigenvalue weighted by Crippen LogP contribution is 2.41. The molecule has 0 radical (unpaired) electrons. The van der Waals surface area contributed by atoms with Crippen LogP contribution in [0.1, 0.15) is 47.9 Å². The average molecular weight is 399 g/mol. The first kappa shape index (κ1) is 20.6. The molecule has 0 N–H and O–H groups in total. The number of alkyl halides is 3. The lowest BCUT2D eigenvalue weighted by Gasteiger charge is -2.25. The number of halogens is 3. The molecule has 0 aromatic carbocycles. The smallest absolute Gasteiger partial charge is 0.356 e. The second-order valence-electron chi connectivity index (χ2n) is 6.96. The van der Waals surface area contributed by atoms with Gasteiger partial charge in [0.05, 0.1) is 12.3 Å². The first-order valence-electron chi connectivity index (χ1n) is 9.08. The molecule has 28 heavy (non-hydrogen) atoms. The number of pyridine rings is 1. The molecule has 2 atom stereocenters. The molecule has 2 unspecified atom stereocenters. The summed E-state index contributed by atoms with van der Waals surface area (Å²) in [6.07, 6.45) is -3.12. The Labute approximate surface area is 159 Å². The van der Waals surface area contributed by atoms with E-state index in [4.69, 9.17) is 9.47 Å². The molecule has 0 aliphatic heterocycles. The van der Waals surface area contributed by atoms with Crippen LogP contribution in [0.15, 0.2) is 12.1 Å². The van der Waals surface area contributed by atoms with Crippen LogP contribution in [0.4, 0.5) is 13.2 Å². The summed E-state index contributed by atoms with van der Waals surface area (Å²) in [5, 5.41) is 0. The van der Waals surface area contributed by atoms with Gasteiger partial charge in [0.1, 0.15) is 18.4 Å². The minimum Gasteiger partial charge on any atom is -0.356 e. The van der Waals surface area contributed by atoms with Gasteiger partial charge in [0.2, 0.25) is 0 Å². The monoisotopic (exact) mass is 399 g/mol. The molecule has 0 spiro atoms. The SMILES string of the molecule is CCOCOCc1nc(C(F)(F)F)ccc1C(=O)C1C(=O)C2CCC(C2)C1=O. The molecule has 2 saturated carbocycles. The average Bonchev–Trinajstić information content (AvgIpc) is 3.10. The van der Waals surface area contributed by atoms with Crippen molar-refractivity contribution in [3.8, 4) is 0 Å². The standard InChI is InChI=1S/C19H20F3NO5/c1-2-27-9-28-8-13-12(5-6-14(23-13)19(20,21)22)18(26)15-16(24)10-3-4-11(7-10)17(15)25/h5-6,10-11,15H,2-4,7-9H2,1H3. The van der Waals surface area contributed by atoms with E-state index in [1.807, 2.05) is 0 Å². The predicted molar refractivity (Wildman–Crippen MR) is 89.2 cm³/mol. The Morgan fingerprint density at radius 2 is 1.79 bits per heavy atom. The fourth-order valence-electron chi connectivity index (χ4n) is 3.80. The van der Waals surface area contributed by atoms with E-state index in [2.05, 4.69) is 4.98 Å². The molecule has 0 saturated heterocycles. The maximum atomic E-state index is 13.0. The molecule has 0 amide bonds. The summed E-state index contributed by atoms with van der Waals surface area (Å²) in [4.78, 5) is 41.6. The largest absolute Gasteiger partial charge is 0.433 e. The van der Waals surface area contributed by atoms with Crippen LogP contribution in [0.2, 0.25) is 0 Å². The fourth-order valence-corrected chi connectivity index (χ4v) is 3.80. The number of hydrogen-bond donors (Lipinski definition) is 0. The highest BCUT2D eigenvalue weighted by atomic mass is 19.4. The zero-order valence-electron chi connectivity index (χ0n) is 15.3. The number of ether oxygens (including phenoxy) is 2. The van der Waals surface area contributed by atoms with Crippen molar-refractivity contribution in [3.05, 3.63) is 29.1 Å². The van der Waals surface area contributed by atoms with Gasteiger partial charge in [0.15, 0.2) is 17.3 Å². The molecule has 2 aliphatic carbocycles. The lowest BCUT2D eigenvalue weighted by molar-refractivity contribution is -0.142. The van der Waals surface area contributed by atoms with Crippen molar-refractivity contribution in [2.75, 3.05) is 13.4 Å². The molecule has 2 bridgehead atoms. The Hall–Kier alpha value is -2.13. The van der Waals surface area contributed by atoms with Crippen LogP contribution in [0.3, 0.4) is 0 Å². The molecule has 2 fully saturated rings. The highest BCUT2D eigenvalue weighted by Gasteiger charge is 2.50. The number of carbonyl (C=O) groups excluding carboxylic acids is 3. The van der Waals surface area contributed by atoms with Crippen molar-refractivity contribution >= 4 is 17.3 Å². The number of fused-ring (bicyclic) bond motifs is 2. The summed E-state index contributed by atoms with van der Waals surface area (Å²) in [7, 11) is 0. The zero-order chi connectivity index (χ0) is 20.5. The van der Waals surface area contributed by atoms with Crippen LogP contribution in [-0.4, -0.2) is 35.7 Å². The van der Waals surface area contributed by atoms with E-state index in [1.165, 1.54) is 0 Å². The third-order valence-corrected chi connectivity index (χ3v) is 5.21. The Balaban J connectivity index is 1.91. The normalized spacial score (nSPS) is 24.6. The van der Waals surface area contributed by atoms with Gasteiger partial charge in [-0.25, -0.2) is 4.98 Å². The molecule has 152 valence electrons. The molecular weight excluding hydrogens is 379 g/mol. The second kappa shape index (κ2) is 8.08. The molecular formula is C19H20F3NO5. The van der Waals surface area contributed by atoms with Gasteiger partial charge in [-0.1, -0.05) is 0 Å². The number of aromatic nitrogens is 1. The lowest BCUT2D eigenvalue weighted by atomic mass is 9.75. The third-order valence-electron chi connectivity index (χ3n) is 5.21. The summed E-state index contributed by atoms with van der Waals surface area (Å²) < 4.78 is 49.2. The van der Waals surface area contributed by atoms with Crippen molar-refractivity contribution in [1.82, 2.24) is 4.98 Å². The van der Waals surface area contributed by atoms with Crippen LogP contribution >= 0.6 is 0 Å². The Bertz CT molecular complexity index is 770. The predicted octanol–water partition coefficient (Wildman–Crippen LogP) is 2.98. The fraction of sp³-hybridized carbons (Fsp3) is 0.579. The van der Waals surface area contributed by atoms with Crippen LogP contribution in [0.5, 0.6) is 0 Å². The van der Waals surface area contributed by atoms with Gasteiger partial charge >= 0.3 is 6.18 Å². The van der Waals surface area contributed by atoms with Gasteiger partial charge in [0, 0.05) is 24.0 Å². The Morgan fingerprint density at radius 3 is 2.36 bits per heavy atom. The van der Waals surface area contributed by atoms with Gasteiger partial charge in [-0.2, -0.15) is 13.2 Å². The quantitative estimate of drug-likeness (QED) is 0.303. The van der Waals surface area contributed by atoms with E-state index in [1.54, 1.807) is 6.92 Å². The van der Waals surface area contributed by atoms with Crippen molar-refractivity contribution in [1.29, 1.82) is 0 Å². The van der Waals surface area contributed by atoms with E-state index < -0.39 is 41.7 Å². The number of Topliss-reactive ketones (excluding diaryl/α,β-unsaturated/α-hetero) is 3. The van der Waals surface area contributed by atoms with E-state index >= 15 is 0 Å². The molecule has 1 aromatic rings. The van der Waals surface area contributed by atoms with Gasteiger partial charge in [0.25, 0.3) is 0 Å². The van der Waals surface area contributed by atoms with E-state index in [9.17, 15) is 27.6 Å². The first-order chi connectivity index (χ1) is 13.2. The lowest BCUT2D eigenvalue weighted by Crippen LogP contribution is -2.42. The summed E-state index contributed by atoms with van der Waals surface area (Å²) in [6, 6.07) is 1.64. The molecule has 3 rings (SSSR count). The summed E-state index contributed by atoms with van der Waals surface area (Å²) >= 11 is 0. The van der Waals surface area contributed by atoms with Gasteiger partial charge in [-0.05, 0) is 38.3 Å². The molecule has 2 aliphatic rings. The van der Waals surface area contributed by atoms with Crippen LogP contribution in [-0.2, 0) is 31.8 Å². The second-order valence-corrected chi connectivity index (χ2v) is 6.96. The van der Waals surface area contributed by atoms with E-state index in [-0.39, 0.29) is 29.9 Å². The van der Waals surface area contributed by atoms with Crippen molar-refractivity contribution < 1.29 is 37.0 Å². The maximum absolute atomic E-state index is 13.0. The number of nitrogens with zero attached hydrogens (tertiary/aromatic N) is 1. The molecule has 9 heteroatoms. The van der Waals surface area contributed by atoms with Crippen molar-refractivity contribution in [2.24, 2.45) is 17.8 Å². The molecule has 1 aromatic heterocycles. The van der Waals surface area contributed by atoms with Gasteiger partial charge < -0.3 is 9.47 Å². The van der Waals surface area contributed by atoms with Crippen LogP contribution < -0.4 is 0 Å². The van der Waals surface area contributed by atoms with Gasteiger partial charge in [-0.3, -0.25) is 14.4 Å². The Morgan fingerprint density at radius 1 is 1.14 bits per heavy atom. The molecule has 6 nitrogen and oxygen atoms in total. The first-order valence-corrected chi connectivity index (χ1v) is 9.08. The number of carbonyl (C=O) groups is 3. The van der Waals surface area contributed by atoms with Crippen molar-refractivity contribution in [2.45, 2.75) is 39.0 Å². The Kier molecular flexibility index (Phi) is 5.95. The van der Waals surface area contributed by atoms with E-state index in [0.717, 1.165) is 6.07 Å². The number of ketones is 3.